The van der Waals surface area contributed by atoms with Gasteiger partial charge in [0, 0.05) is 65.5 Å². The van der Waals surface area contributed by atoms with E-state index < -0.39 is 11.4 Å². The van der Waals surface area contributed by atoms with Gasteiger partial charge in [-0.2, -0.15) is 5.10 Å². The summed E-state index contributed by atoms with van der Waals surface area (Å²) < 4.78 is 24.7. The fourth-order valence-electron chi connectivity index (χ4n) is 4.66. The second kappa shape index (κ2) is 8.46. The first-order valence-electron chi connectivity index (χ1n) is 11.4. The number of hydrogen-bond donors (Lipinski definition) is 0. The van der Waals surface area contributed by atoms with Gasteiger partial charge in [-0.05, 0) is 52.0 Å². The molecule has 0 bridgehead atoms. The molecule has 1 aliphatic rings. The van der Waals surface area contributed by atoms with Crippen molar-refractivity contribution in [3.63, 3.8) is 0 Å². The molecular weight excluding hydrogens is 469 g/mol. The lowest BCUT2D eigenvalue weighted by Gasteiger charge is -2.43. The first kappa shape index (κ1) is 23.5. The highest BCUT2D eigenvalue weighted by Crippen LogP contribution is 2.36. The summed E-state index contributed by atoms with van der Waals surface area (Å²) >= 11 is 6.01. The topological polar surface area (TPSA) is 64.7 Å². The van der Waals surface area contributed by atoms with E-state index in [0.29, 0.717) is 46.1 Å². The molecule has 0 N–H and O–H groups in total. The van der Waals surface area contributed by atoms with Crippen LogP contribution in [0.4, 0.5) is 10.1 Å². The van der Waals surface area contributed by atoms with Crippen molar-refractivity contribution in [3.8, 4) is 11.1 Å². The minimum absolute atomic E-state index is 0.179. The molecule has 0 unspecified atom stereocenters. The van der Waals surface area contributed by atoms with Crippen LogP contribution >= 0.6 is 11.6 Å². The smallest absolute Gasteiger partial charge is 0.261 e. The Morgan fingerprint density at radius 3 is 2.63 bits per heavy atom. The summed E-state index contributed by atoms with van der Waals surface area (Å²) in [5.41, 5.74) is 3.53. The number of pyridine rings is 1. The fourth-order valence-corrected chi connectivity index (χ4v) is 4.82. The first-order chi connectivity index (χ1) is 16.5. The molecule has 35 heavy (non-hydrogen) atoms. The van der Waals surface area contributed by atoms with Crippen LogP contribution in [0, 0.1) is 19.7 Å². The third-order valence-electron chi connectivity index (χ3n) is 6.48. The van der Waals surface area contributed by atoms with Crippen LogP contribution in [-0.2, 0) is 11.8 Å². The number of fused-ring (bicyclic) bond motifs is 1. The van der Waals surface area contributed by atoms with Crippen molar-refractivity contribution >= 4 is 22.9 Å². The number of halogens is 2. The summed E-state index contributed by atoms with van der Waals surface area (Å²) in [5.74, 6) is -0.473. The number of ether oxygens (including phenoxy) is 1. The van der Waals surface area contributed by atoms with Crippen LogP contribution in [0.2, 0.25) is 5.02 Å². The van der Waals surface area contributed by atoms with Gasteiger partial charge in [0.2, 0.25) is 0 Å². The Morgan fingerprint density at radius 1 is 1.17 bits per heavy atom. The zero-order valence-electron chi connectivity index (χ0n) is 20.3. The zero-order valence-corrected chi connectivity index (χ0v) is 21.1. The number of aryl methyl sites for hydroxylation is 2. The number of aromatic nitrogens is 4. The molecule has 182 valence electrons. The standard InChI is InChI=1S/C26H27ClFN5O2/c1-15-16(2)30-24-21(20-7-6-18(27)8-22(20)28)9-19(12-33(24)25(15)34)32-13-23(35-26(3,4)14-32)17-10-29-31(5)11-17/h6-12,23H,13-14H2,1-5H3/t23-/m1/s1. The van der Waals surface area contributed by atoms with Gasteiger partial charge in [-0.1, -0.05) is 11.6 Å². The van der Waals surface area contributed by atoms with Gasteiger partial charge >= 0.3 is 0 Å². The van der Waals surface area contributed by atoms with Crippen LogP contribution in [0.15, 0.2) is 47.7 Å². The minimum atomic E-state index is -0.473. The molecule has 7 nitrogen and oxygen atoms in total. The van der Waals surface area contributed by atoms with Gasteiger partial charge in [-0.3, -0.25) is 13.9 Å². The molecule has 4 heterocycles. The lowest BCUT2D eigenvalue weighted by molar-refractivity contribution is -0.0855. The molecule has 5 rings (SSSR count). The van der Waals surface area contributed by atoms with Gasteiger partial charge in [-0.15, -0.1) is 0 Å². The Labute approximate surface area is 207 Å². The average molecular weight is 496 g/mol. The monoisotopic (exact) mass is 495 g/mol. The lowest BCUT2D eigenvalue weighted by Crippen LogP contribution is -2.49. The Kier molecular flexibility index (Phi) is 5.68. The van der Waals surface area contributed by atoms with E-state index in [2.05, 4.69) is 15.0 Å². The van der Waals surface area contributed by atoms with Crippen LogP contribution in [0.25, 0.3) is 16.8 Å². The van der Waals surface area contributed by atoms with E-state index in [-0.39, 0.29) is 11.7 Å². The summed E-state index contributed by atoms with van der Waals surface area (Å²) in [6.45, 7) is 8.74. The second-order valence-corrected chi connectivity index (χ2v) is 10.2. The Morgan fingerprint density at radius 2 is 1.94 bits per heavy atom. The van der Waals surface area contributed by atoms with E-state index in [0.717, 1.165) is 11.3 Å². The first-order valence-corrected chi connectivity index (χ1v) is 11.8. The third kappa shape index (κ3) is 4.32. The van der Waals surface area contributed by atoms with Crippen molar-refractivity contribution in [2.24, 2.45) is 7.05 Å². The third-order valence-corrected chi connectivity index (χ3v) is 6.72. The maximum atomic E-state index is 15.1. The van der Waals surface area contributed by atoms with Gasteiger partial charge in [0.1, 0.15) is 17.6 Å². The highest BCUT2D eigenvalue weighted by atomic mass is 35.5. The van der Waals surface area contributed by atoms with Crippen molar-refractivity contribution < 1.29 is 9.13 Å². The largest absolute Gasteiger partial charge is 0.364 e. The maximum Gasteiger partial charge on any atom is 0.261 e. The molecule has 1 atom stereocenters. The van der Waals surface area contributed by atoms with Crippen molar-refractivity contribution in [2.45, 2.75) is 39.4 Å². The Hall–Kier alpha value is -3.23. The van der Waals surface area contributed by atoms with E-state index in [1.807, 2.05) is 33.2 Å². The fraction of sp³-hybridized carbons (Fsp3) is 0.346. The van der Waals surface area contributed by atoms with Crippen LogP contribution in [0.5, 0.6) is 0 Å². The summed E-state index contributed by atoms with van der Waals surface area (Å²) in [6.07, 6.45) is 5.32. The number of nitrogens with zero attached hydrogens (tertiary/aromatic N) is 5. The Balaban J connectivity index is 1.71. The molecule has 0 aliphatic carbocycles. The van der Waals surface area contributed by atoms with E-state index in [9.17, 15) is 4.79 Å². The number of anilines is 1. The molecule has 0 radical (unpaired) electrons. The van der Waals surface area contributed by atoms with Crippen molar-refractivity contribution in [3.05, 3.63) is 80.9 Å². The van der Waals surface area contributed by atoms with Gasteiger partial charge in [0.05, 0.1) is 17.5 Å². The van der Waals surface area contributed by atoms with Crippen LogP contribution in [0.1, 0.15) is 36.8 Å². The predicted molar refractivity (Wildman–Crippen MR) is 135 cm³/mol. The maximum absolute atomic E-state index is 15.1. The van der Waals surface area contributed by atoms with Gasteiger partial charge in [0.15, 0.2) is 0 Å². The average Bonchev–Trinajstić information content (AvgIpc) is 3.23. The Bertz CT molecular complexity index is 1510. The quantitative estimate of drug-likeness (QED) is 0.406. The summed E-state index contributed by atoms with van der Waals surface area (Å²) in [7, 11) is 1.87. The van der Waals surface area contributed by atoms with Crippen LogP contribution in [-0.4, -0.2) is 37.9 Å². The zero-order chi connectivity index (χ0) is 25.1. The molecule has 1 saturated heterocycles. The van der Waals surface area contributed by atoms with Gasteiger partial charge in [0.25, 0.3) is 5.56 Å². The van der Waals surface area contributed by atoms with E-state index >= 15 is 4.39 Å². The van der Waals surface area contributed by atoms with Crippen molar-refractivity contribution in [1.29, 1.82) is 0 Å². The number of hydrogen-bond acceptors (Lipinski definition) is 5. The van der Waals surface area contributed by atoms with E-state index in [1.54, 1.807) is 43.1 Å². The number of rotatable bonds is 3. The van der Waals surface area contributed by atoms with E-state index in [1.165, 1.54) is 10.5 Å². The minimum Gasteiger partial charge on any atom is -0.364 e. The molecule has 0 amide bonds. The SMILES string of the molecule is Cc1nc2c(-c3ccc(Cl)cc3F)cc(N3C[C@H](c4cnn(C)c4)OC(C)(C)C3)cn2c(=O)c1C. The van der Waals surface area contributed by atoms with Crippen molar-refractivity contribution in [1.82, 2.24) is 19.2 Å². The van der Waals surface area contributed by atoms with Crippen LogP contribution < -0.4 is 10.5 Å². The summed E-state index contributed by atoms with van der Waals surface area (Å²) in [4.78, 5) is 20.1. The normalized spacial score (nSPS) is 17.8. The summed E-state index contributed by atoms with van der Waals surface area (Å²) in [5, 5.41) is 4.59. The predicted octanol–water partition coefficient (Wildman–Crippen LogP) is 4.86. The molecule has 4 aromatic rings. The van der Waals surface area contributed by atoms with E-state index in [4.69, 9.17) is 16.3 Å². The molecule has 1 fully saturated rings. The highest BCUT2D eigenvalue weighted by Gasteiger charge is 2.35. The van der Waals surface area contributed by atoms with Crippen LogP contribution in [0.3, 0.4) is 0 Å². The van der Waals surface area contributed by atoms with Gasteiger partial charge < -0.3 is 9.64 Å². The molecule has 9 heteroatoms. The highest BCUT2D eigenvalue weighted by molar-refractivity contribution is 6.30. The molecule has 1 aromatic carbocycles. The molecule has 3 aromatic heterocycles. The molecular formula is C26H27ClFN5O2. The second-order valence-electron chi connectivity index (χ2n) is 9.75. The molecule has 0 spiro atoms. The number of morpholine rings is 1. The molecule has 0 saturated carbocycles. The van der Waals surface area contributed by atoms with Crippen molar-refractivity contribution in [2.75, 3.05) is 18.0 Å². The van der Waals surface area contributed by atoms with Gasteiger partial charge in [-0.25, -0.2) is 9.37 Å². The molecule has 1 aliphatic heterocycles. The summed E-state index contributed by atoms with van der Waals surface area (Å²) in [6, 6.07) is 6.43. The number of benzene rings is 1. The lowest BCUT2D eigenvalue weighted by atomic mass is 10.0.